The summed E-state index contributed by atoms with van der Waals surface area (Å²) in [6.45, 7) is 7.96. The Morgan fingerprint density at radius 2 is 1.91 bits per heavy atom. The van der Waals surface area contributed by atoms with Crippen LogP contribution in [0.5, 0.6) is 17.2 Å². The Morgan fingerprint density at radius 3 is 2.60 bits per heavy atom. The second kappa shape index (κ2) is 8.36. The molecule has 0 N–H and O–H groups in total. The third kappa shape index (κ3) is 3.18. The van der Waals surface area contributed by atoms with Gasteiger partial charge in [0.25, 0.3) is 0 Å². The lowest BCUT2D eigenvalue weighted by atomic mass is 9.62. The summed E-state index contributed by atoms with van der Waals surface area (Å²) in [4.78, 5) is 26.0. The van der Waals surface area contributed by atoms with Crippen molar-refractivity contribution >= 4 is 11.8 Å². The maximum Gasteiger partial charge on any atom is 0.333 e. The van der Waals surface area contributed by atoms with Crippen LogP contribution in [0.3, 0.4) is 0 Å². The predicted molar refractivity (Wildman–Crippen MR) is 125 cm³/mol. The second-order valence-corrected chi connectivity index (χ2v) is 9.54. The number of hydrogen-bond acceptors (Lipinski definition) is 8. The first kappa shape index (κ1) is 23.3. The number of rotatable bonds is 4. The fraction of sp³-hybridized carbons (Fsp3) is 0.481. The van der Waals surface area contributed by atoms with Gasteiger partial charge in [-0.05, 0) is 43.9 Å². The Morgan fingerprint density at radius 1 is 1.14 bits per heavy atom. The van der Waals surface area contributed by atoms with Crippen molar-refractivity contribution in [1.82, 2.24) is 0 Å². The summed E-state index contributed by atoms with van der Waals surface area (Å²) in [5.41, 5.74) is 2.00. The number of hydrogen-bond donors (Lipinski definition) is 0. The van der Waals surface area contributed by atoms with Gasteiger partial charge in [-0.1, -0.05) is 19.9 Å². The number of benzene rings is 1. The van der Waals surface area contributed by atoms with Crippen LogP contribution in [0.15, 0.2) is 40.9 Å². The highest BCUT2D eigenvalue weighted by Gasteiger charge is 2.58. The SMILES string of the molecule is C/C=C(/C)C(=O)O[C@H]1c2cc3c(c4c2[C@@]2(CO4)C(=CC(=O)C(OC)=C2OC)C[C@@H](C)[C@H]1C)OCO3. The van der Waals surface area contributed by atoms with Gasteiger partial charge in [0.2, 0.25) is 24.1 Å². The summed E-state index contributed by atoms with van der Waals surface area (Å²) >= 11 is 0. The highest BCUT2D eigenvalue weighted by Crippen LogP contribution is 2.62. The summed E-state index contributed by atoms with van der Waals surface area (Å²) in [5.74, 6) is 1.45. The third-order valence-electron chi connectivity index (χ3n) is 7.80. The molecule has 0 radical (unpaired) electrons. The molecule has 1 aromatic rings. The van der Waals surface area contributed by atoms with E-state index in [0.717, 1.165) is 16.7 Å². The van der Waals surface area contributed by atoms with Gasteiger partial charge in [0.15, 0.2) is 17.3 Å². The number of carbonyl (C=O) groups excluding carboxylic acids is 2. The van der Waals surface area contributed by atoms with Gasteiger partial charge >= 0.3 is 5.97 Å². The van der Waals surface area contributed by atoms with Crippen molar-refractivity contribution in [3.8, 4) is 17.2 Å². The molecule has 2 aliphatic heterocycles. The van der Waals surface area contributed by atoms with E-state index in [2.05, 4.69) is 13.8 Å². The maximum atomic E-state index is 13.0. The zero-order valence-corrected chi connectivity index (χ0v) is 20.9. The number of fused-ring (bicyclic) bond motifs is 2. The molecule has 5 rings (SSSR count). The van der Waals surface area contributed by atoms with Gasteiger partial charge < -0.3 is 28.4 Å². The second-order valence-electron chi connectivity index (χ2n) is 9.54. The van der Waals surface area contributed by atoms with Gasteiger partial charge in [-0.15, -0.1) is 0 Å². The van der Waals surface area contributed by atoms with Gasteiger partial charge in [-0.3, -0.25) is 4.79 Å². The van der Waals surface area contributed by atoms with Crippen molar-refractivity contribution < 1.29 is 38.0 Å². The number of ether oxygens (including phenoxy) is 6. The Hall–Kier alpha value is -3.42. The van der Waals surface area contributed by atoms with Crippen LogP contribution in [0.2, 0.25) is 0 Å². The lowest BCUT2D eigenvalue weighted by Gasteiger charge is -2.42. The number of esters is 1. The third-order valence-corrected chi connectivity index (χ3v) is 7.80. The topological polar surface area (TPSA) is 89.5 Å². The van der Waals surface area contributed by atoms with E-state index in [1.165, 1.54) is 14.2 Å². The lowest BCUT2D eigenvalue weighted by molar-refractivity contribution is -0.148. The Bertz CT molecular complexity index is 1210. The van der Waals surface area contributed by atoms with Crippen LogP contribution in [-0.4, -0.2) is 39.4 Å². The average Bonchev–Trinajstić information content (AvgIpc) is 3.47. The zero-order valence-electron chi connectivity index (χ0n) is 20.9. The smallest absolute Gasteiger partial charge is 0.333 e. The number of ketones is 1. The molecule has 0 bridgehead atoms. The molecule has 8 heteroatoms. The summed E-state index contributed by atoms with van der Waals surface area (Å²) in [6.07, 6.45) is 3.38. The molecule has 35 heavy (non-hydrogen) atoms. The first-order chi connectivity index (χ1) is 16.8. The minimum absolute atomic E-state index is 0.0627. The normalized spacial score (nSPS) is 28.9. The largest absolute Gasteiger partial charge is 0.496 e. The number of methoxy groups -OCH3 is 2. The first-order valence-electron chi connectivity index (χ1n) is 11.8. The minimum atomic E-state index is -0.922. The molecule has 0 saturated heterocycles. The number of carbonyl (C=O) groups is 2. The van der Waals surface area contributed by atoms with E-state index in [4.69, 9.17) is 28.4 Å². The van der Waals surface area contributed by atoms with Gasteiger partial charge in [-0.25, -0.2) is 4.79 Å². The van der Waals surface area contributed by atoms with Gasteiger partial charge in [0.05, 0.1) is 14.2 Å². The van der Waals surface area contributed by atoms with Crippen LogP contribution < -0.4 is 14.2 Å². The van der Waals surface area contributed by atoms with Crippen LogP contribution in [-0.2, 0) is 29.2 Å². The summed E-state index contributed by atoms with van der Waals surface area (Å²) in [5, 5.41) is 0. The Labute approximate surface area is 204 Å². The van der Waals surface area contributed by atoms with Gasteiger partial charge in [0.1, 0.15) is 18.1 Å². The van der Waals surface area contributed by atoms with E-state index in [1.54, 1.807) is 26.0 Å². The standard InChI is InChI=1S/C27H30O8/c1-7-13(2)26(29)35-21-15(4)14(3)8-16-9-18(28)22(30-5)25(31-6)27(16)11-32-24-20(27)17(21)10-19-23(24)34-12-33-19/h7,9-10,14-15,21H,8,11-12H2,1-6H3/b13-7-/t14-,15-,21-,27-/m1/s1. The molecule has 4 aliphatic rings. The zero-order chi connectivity index (χ0) is 25.1. The molecular formula is C27H30O8. The molecule has 2 heterocycles. The predicted octanol–water partition coefficient (Wildman–Crippen LogP) is 4.29. The average molecular weight is 483 g/mol. The van der Waals surface area contributed by atoms with Gasteiger partial charge in [0, 0.05) is 22.6 Å². The van der Waals surface area contributed by atoms with Crippen molar-refractivity contribution in [2.24, 2.45) is 11.8 Å². The van der Waals surface area contributed by atoms with Crippen LogP contribution in [0.1, 0.15) is 51.3 Å². The Balaban J connectivity index is 1.83. The summed E-state index contributed by atoms with van der Waals surface area (Å²) in [6, 6.07) is 1.88. The van der Waals surface area contributed by atoms with Crippen molar-refractivity contribution in [3.63, 3.8) is 0 Å². The monoisotopic (exact) mass is 482 g/mol. The van der Waals surface area contributed by atoms with Crippen LogP contribution in [0, 0.1) is 11.8 Å². The van der Waals surface area contributed by atoms with Crippen molar-refractivity contribution in [2.45, 2.75) is 45.6 Å². The van der Waals surface area contributed by atoms with Crippen molar-refractivity contribution in [1.29, 1.82) is 0 Å². The Kier molecular flexibility index (Phi) is 5.57. The summed E-state index contributed by atoms with van der Waals surface area (Å²) in [7, 11) is 2.98. The molecule has 4 atom stereocenters. The fourth-order valence-corrected chi connectivity index (χ4v) is 5.62. The highest BCUT2D eigenvalue weighted by molar-refractivity contribution is 6.05. The molecule has 0 aromatic heterocycles. The molecular weight excluding hydrogens is 452 g/mol. The van der Waals surface area contributed by atoms with E-state index < -0.39 is 11.5 Å². The number of allylic oxidation sites excluding steroid dienone is 2. The van der Waals surface area contributed by atoms with Gasteiger partial charge in [-0.2, -0.15) is 0 Å². The van der Waals surface area contributed by atoms with Crippen LogP contribution in [0.25, 0.3) is 0 Å². The highest BCUT2D eigenvalue weighted by atomic mass is 16.7. The van der Waals surface area contributed by atoms with Crippen molar-refractivity contribution in [2.75, 3.05) is 27.6 Å². The lowest BCUT2D eigenvalue weighted by Crippen LogP contribution is -2.42. The van der Waals surface area contributed by atoms with E-state index in [0.29, 0.717) is 35.0 Å². The molecule has 2 aliphatic carbocycles. The molecule has 0 unspecified atom stereocenters. The van der Waals surface area contributed by atoms with E-state index in [9.17, 15) is 9.59 Å². The molecule has 0 saturated carbocycles. The van der Waals surface area contributed by atoms with Crippen molar-refractivity contribution in [3.05, 3.63) is 52.0 Å². The molecule has 8 nitrogen and oxygen atoms in total. The van der Waals surface area contributed by atoms with E-state index >= 15 is 0 Å². The molecule has 0 amide bonds. The first-order valence-corrected chi connectivity index (χ1v) is 11.8. The van der Waals surface area contributed by atoms with Crippen LogP contribution in [0.4, 0.5) is 0 Å². The molecule has 1 aromatic carbocycles. The maximum absolute atomic E-state index is 13.0. The quantitative estimate of drug-likeness (QED) is 0.464. The molecule has 1 spiro atoms. The minimum Gasteiger partial charge on any atom is -0.496 e. The van der Waals surface area contributed by atoms with E-state index in [-0.39, 0.29) is 42.7 Å². The summed E-state index contributed by atoms with van der Waals surface area (Å²) < 4.78 is 35.4. The van der Waals surface area contributed by atoms with Crippen LogP contribution >= 0.6 is 0 Å². The molecule has 186 valence electrons. The fourth-order valence-electron chi connectivity index (χ4n) is 5.62. The molecule has 0 fully saturated rings. The van der Waals surface area contributed by atoms with E-state index in [1.807, 2.05) is 6.07 Å².